The highest BCUT2D eigenvalue weighted by Crippen LogP contribution is 2.34. The van der Waals surface area contributed by atoms with E-state index in [9.17, 15) is 14.4 Å². The van der Waals surface area contributed by atoms with Crippen molar-refractivity contribution in [2.45, 2.75) is 52.1 Å². The Bertz CT molecular complexity index is 1280. The number of aromatic nitrogens is 2. The maximum atomic E-state index is 13.4. The minimum absolute atomic E-state index is 0.0369. The predicted octanol–water partition coefficient (Wildman–Crippen LogP) is 5.17. The van der Waals surface area contributed by atoms with E-state index in [-0.39, 0.29) is 17.9 Å². The molecule has 9 heteroatoms. The molecule has 1 fully saturated rings. The molecule has 2 N–H and O–H groups in total. The van der Waals surface area contributed by atoms with Crippen molar-refractivity contribution in [3.63, 3.8) is 0 Å². The van der Waals surface area contributed by atoms with Gasteiger partial charge in [0, 0.05) is 18.9 Å². The van der Waals surface area contributed by atoms with Crippen LogP contribution in [0.2, 0.25) is 0 Å². The van der Waals surface area contributed by atoms with Gasteiger partial charge in [0.2, 0.25) is 0 Å². The van der Waals surface area contributed by atoms with Gasteiger partial charge >= 0.3 is 12.1 Å². The summed E-state index contributed by atoms with van der Waals surface area (Å²) in [5.41, 5.74) is 1.84. The van der Waals surface area contributed by atoms with Crippen LogP contribution in [0.3, 0.4) is 0 Å². The number of rotatable bonds is 5. The summed E-state index contributed by atoms with van der Waals surface area (Å²) < 4.78 is 0. The van der Waals surface area contributed by atoms with Crippen LogP contribution in [0.4, 0.5) is 26.8 Å². The van der Waals surface area contributed by atoms with Crippen molar-refractivity contribution in [2.24, 2.45) is 0 Å². The summed E-state index contributed by atoms with van der Waals surface area (Å²) >= 11 is 0. The van der Waals surface area contributed by atoms with Gasteiger partial charge in [-0.15, -0.1) is 0 Å². The largest absolute Gasteiger partial charge is 0.332 e. The number of nitrogens with zero attached hydrogens (tertiary/aromatic N) is 4. The number of amides is 5. The Morgan fingerprint density at radius 1 is 1.00 bits per heavy atom. The number of carbonyl (C=O) groups is 3. The molecule has 9 nitrogen and oxygen atoms in total. The molecule has 5 amide bonds. The van der Waals surface area contributed by atoms with Crippen LogP contribution in [-0.4, -0.2) is 38.4 Å². The van der Waals surface area contributed by atoms with E-state index in [0.717, 1.165) is 11.1 Å². The zero-order chi connectivity index (χ0) is 26.1. The van der Waals surface area contributed by atoms with Crippen LogP contribution >= 0.6 is 0 Å². The first-order chi connectivity index (χ1) is 17.0. The lowest BCUT2D eigenvalue weighted by atomic mass is 9.87. The molecular weight excluding hydrogens is 456 g/mol. The van der Waals surface area contributed by atoms with Gasteiger partial charge in [-0.05, 0) is 66.8 Å². The molecule has 4 rings (SSSR count). The van der Waals surface area contributed by atoms with Crippen LogP contribution in [0.25, 0.3) is 0 Å². The van der Waals surface area contributed by atoms with E-state index in [0.29, 0.717) is 17.2 Å². The predicted molar refractivity (Wildman–Crippen MR) is 139 cm³/mol. The average Bonchev–Trinajstić information content (AvgIpc) is 2.98. The number of nitrogens with one attached hydrogen (secondary N) is 2. The molecule has 186 valence electrons. The minimum Gasteiger partial charge on any atom is -0.306 e. The zero-order valence-electron chi connectivity index (χ0n) is 21.1. The molecule has 1 saturated heterocycles. The van der Waals surface area contributed by atoms with Gasteiger partial charge in [-0.2, -0.15) is 0 Å². The van der Waals surface area contributed by atoms with Gasteiger partial charge in [0.15, 0.2) is 0 Å². The lowest BCUT2D eigenvalue weighted by molar-refractivity contribution is -0.123. The second-order valence-electron chi connectivity index (χ2n) is 10.2. The zero-order valence-corrected chi connectivity index (χ0v) is 21.1. The fraction of sp³-hybridized carbons (Fsp3) is 0.296. The van der Waals surface area contributed by atoms with E-state index < -0.39 is 17.6 Å². The van der Waals surface area contributed by atoms with Gasteiger partial charge in [-0.3, -0.25) is 15.1 Å². The molecule has 1 aromatic carbocycles. The number of pyridine rings is 2. The maximum Gasteiger partial charge on any atom is 0.332 e. The number of imide groups is 1. The summed E-state index contributed by atoms with van der Waals surface area (Å²) in [6, 6.07) is 13.5. The fourth-order valence-electron chi connectivity index (χ4n) is 3.98. The van der Waals surface area contributed by atoms with Gasteiger partial charge in [0.05, 0.1) is 17.6 Å². The van der Waals surface area contributed by atoms with Gasteiger partial charge < -0.3 is 10.2 Å². The molecule has 0 atom stereocenters. The highest BCUT2D eigenvalue weighted by molar-refractivity contribution is 6.22. The van der Waals surface area contributed by atoms with Crippen molar-refractivity contribution in [2.75, 3.05) is 15.5 Å². The molecule has 0 radical (unpaired) electrons. The van der Waals surface area contributed by atoms with Crippen molar-refractivity contribution in [1.29, 1.82) is 0 Å². The lowest BCUT2D eigenvalue weighted by Gasteiger charge is -2.27. The number of carbonyl (C=O) groups excluding carboxylic acids is 3. The number of urea groups is 2. The van der Waals surface area contributed by atoms with Gasteiger partial charge in [0.25, 0.3) is 5.91 Å². The summed E-state index contributed by atoms with van der Waals surface area (Å²) in [6.07, 6.45) is 4.69. The van der Waals surface area contributed by atoms with E-state index in [1.54, 1.807) is 50.5 Å². The third-order valence-electron chi connectivity index (χ3n) is 6.14. The minimum atomic E-state index is -1.05. The van der Waals surface area contributed by atoms with E-state index >= 15 is 0 Å². The molecule has 2 aromatic heterocycles. The molecule has 1 aliphatic heterocycles. The third-order valence-corrected chi connectivity index (χ3v) is 6.14. The number of benzene rings is 1. The Balaban J connectivity index is 1.50. The summed E-state index contributed by atoms with van der Waals surface area (Å²) in [5, 5.41) is 5.36. The molecule has 1 aliphatic rings. The van der Waals surface area contributed by atoms with E-state index in [1.165, 1.54) is 16.0 Å². The maximum absolute atomic E-state index is 13.4. The third kappa shape index (κ3) is 5.05. The van der Waals surface area contributed by atoms with Crippen molar-refractivity contribution in [3.05, 3.63) is 78.2 Å². The smallest absolute Gasteiger partial charge is 0.306 e. The first kappa shape index (κ1) is 24.8. The summed E-state index contributed by atoms with van der Waals surface area (Å²) in [6.45, 7) is 9.98. The number of hydrogen-bond donors (Lipinski definition) is 2. The number of hydrogen-bond acceptors (Lipinski definition) is 5. The standard InChI is InChI=1S/C27H30N6O3/c1-26(2,3)19-8-10-21(11-9-19)33-23(34)27(4,5)32(25(33)36)17-18-12-14-29-22(15-18)31-24(35)30-20-7-6-13-28-16-20/h6-16H,17H2,1-5H3,(H2,29,30,31,35). The van der Waals surface area contributed by atoms with Crippen LogP contribution in [0.5, 0.6) is 0 Å². The van der Waals surface area contributed by atoms with Crippen molar-refractivity contribution < 1.29 is 14.4 Å². The molecule has 0 bridgehead atoms. The lowest BCUT2D eigenvalue weighted by Crippen LogP contribution is -2.43. The molecule has 0 unspecified atom stereocenters. The molecule has 0 saturated carbocycles. The highest BCUT2D eigenvalue weighted by Gasteiger charge is 2.51. The Hall–Kier alpha value is -4.27. The SMILES string of the molecule is CC(C)(C)c1ccc(N2C(=O)N(Cc3ccnc(NC(=O)Nc4cccnc4)c3)C(C)(C)C2=O)cc1. The van der Waals surface area contributed by atoms with E-state index in [1.807, 2.05) is 24.3 Å². The first-order valence-corrected chi connectivity index (χ1v) is 11.7. The van der Waals surface area contributed by atoms with Crippen LogP contribution in [0, 0.1) is 0 Å². The molecule has 36 heavy (non-hydrogen) atoms. The Morgan fingerprint density at radius 2 is 1.72 bits per heavy atom. The second kappa shape index (κ2) is 9.41. The Labute approximate surface area is 210 Å². The Morgan fingerprint density at radius 3 is 2.36 bits per heavy atom. The first-order valence-electron chi connectivity index (χ1n) is 11.7. The second-order valence-corrected chi connectivity index (χ2v) is 10.2. The van der Waals surface area contributed by atoms with Crippen molar-refractivity contribution in [3.8, 4) is 0 Å². The average molecular weight is 487 g/mol. The molecule has 3 heterocycles. The molecule has 0 spiro atoms. The van der Waals surface area contributed by atoms with Crippen LogP contribution in [0.1, 0.15) is 45.7 Å². The van der Waals surface area contributed by atoms with Gasteiger partial charge in [-0.25, -0.2) is 19.5 Å². The van der Waals surface area contributed by atoms with Gasteiger partial charge in [-0.1, -0.05) is 32.9 Å². The summed E-state index contributed by atoms with van der Waals surface area (Å²) in [7, 11) is 0. The Kier molecular flexibility index (Phi) is 6.49. The fourth-order valence-corrected chi connectivity index (χ4v) is 3.98. The molecule has 3 aromatic rings. The normalized spacial score (nSPS) is 15.2. The van der Waals surface area contributed by atoms with Gasteiger partial charge in [0.1, 0.15) is 11.4 Å². The van der Waals surface area contributed by atoms with E-state index in [4.69, 9.17) is 0 Å². The van der Waals surface area contributed by atoms with Crippen LogP contribution in [0.15, 0.2) is 67.1 Å². The monoisotopic (exact) mass is 486 g/mol. The van der Waals surface area contributed by atoms with E-state index in [2.05, 4.69) is 41.4 Å². The summed E-state index contributed by atoms with van der Waals surface area (Å²) in [5.74, 6) is 0.0264. The van der Waals surface area contributed by atoms with Crippen molar-refractivity contribution >= 4 is 35.2 Å². The van der Waals surface area contributed by atoms with Crippen LogP contribution < -0.4 is 15.5 Å². The number of anilines is 3. The topological polar surface area (TPSA) is 108 Å². The molecular formula is C27H30N6O3. The van der Waals surface area contributed by atoms with Crippen molar-refractivity contribution in [1.82, 2.24) is 14.9 Å². The quantitative estimate of drug-likeness (QED) is 0.484. The molecule has 0 aliphatic carbocycles. The summed E-state index contributed by atoms with van der Waals surface area (Å²) in [4.78, 5) is 49.9. The van der Waals surface area contributed by atoms with Crippen LogP contribution in [-0.2, 0) is 16.8 Å². The highest BCUT2D eigenvalue weighted by atomic mass is 16.2.